The molecule has 2 rings (SSSR count). The summed E-state index contributed by atoms with van der Waals surface area (Å²) >= 11 is 12.1. The third-order valence-electron chi connectivity index (χ3n) is 3.22. The van der Waals surface area contributed by atoms with Gasteiger partial charge in [-0.15, -0.1) is 0 Å². The Morgan fingerprint density at radius 1 is 1.05 bits per heavy atom. The molecule has 0 unspecified atom stereocenters. The highest BCUT2D eigenvalue weighted by Gasteiger charge is 2.14. The second-order valence-corrected chi connectivity index (χ2v) is 5.67. The highest BCUT2D eigenvalue weighted by Crippen LogP contribution is 2.25. The summed E-state index contributed by atoms with van der Waals surface area (Å²) in [7, 11) is 0. The molecule has 0 saturated carbocycles. The molecule has 110 valence electrons. The van der Waals surface area contributed by atoms with Gasteiger partial charge in [0, 0.05) is 5.69 Å². The van der Waals surface area contributed by atoms with Gasteiger partial charge in [0.25, 0.3) is 5.91 Å². The van der Waals surface area contributed by atoms with Gasteiger partial charge >= 0.3 is 0 Å². The van der Waals surface area contributed by atoms with Gasteiger partial charge in [0.1, 0.15) is 0 Å². The van der Waals surface area contributed by atoms with Gasteiger partial charge in [-0.3, -0.25) is 4.79 Å². The number of carbonyl (C=O) groups excluding carboxylic acids is 1. The lowest BCUT2D eigenvalue weighted by Crippen LogP contribution is -2.13. The van der Waals surface area contributed by atoms with E-state index in [9.17, 15) is 4.79 Å². The molecule has 0 heterocycles. The van der Waals surface area contributed by atoms with Crippen molar-refractivity contribution in [2.24, 2.45) is 0 Å². The Morgan fingerprint density at radius 3 is 2.24 bits per heavy atom. The van der Waals surface area contributed by atoms with E-state index in [2.05, 4.69) is 12.2 Å². The van der Waals surface area contributed by atoms with Gasteiger partial charge in [0.15, 0.2) is 0 Å². The Morgan fingerprint density at radius 2 is 1.67 bits per heavy atom. The van der Waals surface area contributed by atoms with E-state index >= 15 is 0 Å². The first-order chi connectivity index (χ1) is 10.1. The molecule has 1 amide bonds. The molecule has 0 aromatic heterocycles. The molecule has 0 fully saturated rings. The summed E-state index contributed by atoms with van der Waals surface area (Å²) < 4.78 is 0. The average Bonchev–Trinajstić information content (AvgIpc) is 2.46. The first kappa shape index (κ1) is 15.9. The number of amides is 1. The molecule has 0 aliphatic heterocycles. The molecule has 2 nitrogen and oxygen atoms in total. The summed E-state index contributed by atoms with van der Waals surface area (Å²) in [6.07, 6.45) is 3.39. The van der Waals surface area contributed by atoms with Crippen LogP contribution in [0.4, 0.5) is 5.69 Å². The molecule has 0 radical (unpaired) electrons. The molecule has 0 aliphatic rings. The molecule has 21 heavy (non-hydrogen) atoms. The minimum atomic E-state index is -0.299. The molecule has 0 aliphatic carbocycles. The van der Waals surface area contributed by atoms with Crippen LogP contribution in [0.5, 0.6) is 0 Å². The van der Waals surface area contributed by atoms with Gasteiger partial charge in [-0.05, 0) is 42.7 Å². The van der Waals surface area contributed by atoms with Crippen molar-refractivity contribution in [2.45, 2.75) is 26.2 Å². The highest BCUT2D eigenvalue weighted by atomic mass is 35.5. The number of unbranched alkanes of at least 4 members (excludes halogenated alkanes) is 1. The molecule has 4 heteroatoms. The van der Waals surface area contributed by atoms with Crippen molar-refractivity contribution in [3.63, 3.8) is 0 Å². The largest absolute Gasteiger partial charge is 0.322 e. The van der Waals surface area contributed by atoms with E-state index in [1.807, 2.05) is 24.3 Å². The van der Waals surface area contributed by atoms with Crippen molar-refractivity contribution in [3.05, 3.63) is 63.6 Å². The lowest BCUT2D eigenvalue weighted by Gasteiger charge is -2.09. The Bertz CT molecular complexity index is 603. The summed E-state index contributed by atoms with van der Waals surface area (Å²) in [5.74, 6) is -0.299. The van der Waals surface area contributed by atoms with Crippen LogP contribution in [0.25, 0.3) is 0 Å². The van der Waals surface area contributed by atoms with Gasteiger partial charge in [0.2, 0.25) is 0 Å². The van der Waals surface area contributed by atoms with Crippen LogP contribution in [0.3, 0.4) is 0 Å². The molecule has 2 aromatic rings. The number of benzene rings is 2. The highest BCUT2D eigenvalue weighted by molar-refractivity contribution is 6.40. The number of hydrogen-bond donors (Lipinski definition) is 1. The van der Waals surface area contributed by atoms with Crippen molar-refractivity contribution in [3.8, 4) is 0 Å². The number of halogens is 2. The zero-order valence-electron chi connectivity index (χ0n) is 11.8. The lowest BCUT2D eigenvalue weighted by molar-refractivity contribution is 0.102. The normalized spacial score (nSPS) is 10.4. The molecular weight excluding hydrogens is 305 g/mol. The zero-order valence-corrected chi connectivity index (χ0v) is 13.3. The number of anilines is 1. The first-order valence-corrected chi connectivity index (χ1v) is 7.71. The van der Waals surface area contributed by atoms with E-state index in [0.29, 0.717) is 15.6 Å². The molecule has 0 atom stereocenters. The van der Waals surface area contributed by atoms with Crippen molar-refractivity contribution in [1.29, 1.82) is 0 Å². The predicted molar refractivity (Wildman–Crippen MR) is 89.5 cm³/mol. The SMILES string of the molecule is CCCCc1ccc(NC(=O)c2c(Cl)cccc2Cl)cc1. The third-order valence-corrected chi connectivity index (χ3v) is 3.85. The molecule has 0 spiro atoms. The predicted octanol–water partition coefficient (Wildman–Crippen LogP) is 5.59. The number of aryl methyl sites for hydroxylation is 1. The summed E-state index contributed by atoms with van der Waals surface area (Å²) in [5.41, 5.74) is 2.30. The number of nitrogens with one attached hydrogen (secondary N) is 1. The third kappa shape index (κ3) is 4.23. The Kier molecular flexibility index (Phi) is 5.66. The first-order valence-electron chi connectivity index (χ1n) is 6.96. The second-order valence-electron chi connectivity index (χ2n) is 4.85. The number of rotatable bonds is 5. The van der Waals surface area contributed by atoms with E-state index in [1.54, 1.807) is 18.2 Å². The van der Waals surface area contributed by atoms with Crippen molar-refractivity contribution in [2.75, 3.05) is 5.32 Å². The van der Waals surface area contributed by atoms with Crippen molar-refractivity contribution < 1.29 is 4.79 Å². The van der Waals surface area contributed by atoms with E-state index in [0.717, 1.165) is 12.1 Å². The van der Waals surface area contributed by atoms with Gasteiger partial charge in [0.05, 0.1) is 15.6 Å². The van der Waals surface area contributed by atoms with Crippen LogP contribution in [0.1, 0.15) is 35.7 Å². The summed E-state index contributed by atoms with van der Waals surface area (Å²) in [6.45, 7) is 2.17. The fraction of sp³-hybridized carbons (Fsp3) is 0.235. The number of carbonyl (C=O) groups is 1. The second kappa shape index (κ2) is 7.48. The maximum atomic E-state index is 12.2. The average molecular weight is 322 g/mol. The molecule has 0 saturated heterocycles. The van der Waals surface area contributed by atoms with E-state index in [1.165, 1.54) is 18.4 Å². The van der Waals surface area contributed by atoms with Gasteiger partial charge < -0.3 is 5.32 Å². The maximum absolute atomic E-state index is 12.2. The van der Waals surface area contributed by atoms with Crippen molar-refractivity contribution >= 4 is 34.8 Å². The van der Waals surface area contributed by atoms with E-state index < -0.39 is 0 Å². The van der Waals surface area contributed by atoms with E-state index in [-0.39, 0.29) is 5.91 Å². The Hall–Kier alpha value is -1.51. The smallest absolute Gasteiger partial charge is 0.258 e. The van der Waals surface area contributed by atoms with Gasteiger partial charge in [-0.1, -0.05) is 54.7 Å². The van der Waals surface area contributed by atoms with Crippen LogP contribution in [0.2, 0.25) is 10.0 Å². The van der Waals surface area contributed by atoms with Crippen LogP contribution < -0.4 is 5.32 Å². The zero-order chi connectivity index (χ0) is 15.2. The Balaban J connectivity index is 2.09. The van der Waals surface area contributed by atoms with Gasteiger partial charge in [-0.2, -0.15) is 0 Å². The Labute approximate surface area is 135 Å². The number of hydrogen-bond acceptors (Lipinski definition) is 1. The fourth-order valence-electron chi connectivity index (χ4n) is 2.04. The van der Waals surface area contributed by atoms with Crippen molar-refractivity contribution in [1.82, 2.24) is 0 Å². The molecule has 2 aromatic carbocycles. The minimum absolute atomic E-state index is 0.299. The monoisotopic (exact) mass is 321 g/mol. The van der Waals surface area contributed by atoms with Gasteiger partial charge in [-0.25, -0.2) is 0 Å². The van der Waals surface area contributed by atoms with Crippen LogP contribution in [-0.4, -0.2) is 5.91 Å². The quantitative estimate of drug-likeness (QED) is 0.764. The van der Waals surface area contributed by atoms with Crippen LogP contribution in [-0.2, 0) is 6.42 Å². The van der Waals surface area contributed by atoms with Crippen LogP contribution in [0, 0.1) is 0 Å². The maximum Gasteiger partial charge on any atom is 0.258 e. The summed E-state index contributed by atoms with van der Waals surface area (Å²) in [5, 5.41) is 3.51. The molecule has 0 bridgehead atoms. The molecule has 1 N–H and O–H groups in total. The van der Waals surface area contributed by atoms with Crippen LogP contribution >= 0.6 is 23.2 Å². The summed E-state index contributed by atoms with van der Waals surface area (Å²) in [6, 6.07) is 12.9. The summed E-state index contributed by atoms with van der Waals surface area (Å²) in [4.78, 5) is 12.2. The minimum Gasteiger partial charge on any atom is -0.322 e. The standard InChI is InChI=1S/C17H17Cl2NO/c1-2-3-5-12-8-10-13(11-9-12)20-17(21)16-14(18)6-4-7-15(16)19/h4,6-11H,2-3,5H2,1H3,(H,20,21). The lowest BCUT2D eigenvalue weighted by atomic mass is 10.1. The molecular formula is C17H17Cl2NO. The topological polar surface area (TPSA) is 29.1 Å². The van der Waals surface area contributed by atoms with E-state index in [4.69, 9.17) is 23.2 Å². The van der Waals surface area contributed by atoms with Crippen LogP contribution in [0.15, 0.2) is 42.5 Å². The fourth-order valence-corrected chi connectivity index (χ4v) is 2.61.